The molecule has 10 heteroatoms. The first kappa shape index (κ1) is 19.0. The van der Waals surface area contributed by atoms with Crippen molar-refractivity contribution in [1.29, 1.82) is 0 Å². The van der Waals surface area contributed by atoms with Gasteiger partial charge >= 0.3 is 20.2 Å². The summed E-state index contributed by atoms with van der Waals surface area (Å²) in [7, 11) is -4.11. The molecular weight excluding hydrogens is 392 g/mol. The molecule has 0 unspecified atom stereocenters. The molecule has 0 aromatic heterocycles. The Morgan fingerprint density at radius 2 is 0.917 bits per heavy atom. The van der Waals surface area contributed by atoms with Crippen LogP contribution >= 0.6 is 21.6 Å². The van der Waals surface area contributed by atoms with Gasteiger partial charge in [-0.25, -0.2) is 0 Å². The van der Waals surface area contributed by atoms with E-state index in [2.05, 4.69) is 0 Å². The summed E-state index contributed by atoms with van der Waals surface area (Å²) >= 11 is 0. The highest BCUT2D eigenvalue weighted by atomic mass is 33.1. The summed E-state index contributed by atoms with van der Waals surface area (Å²) in [6, 6.07) is 13.3. The highest BCUT2D eigenvalue weighted by molar-refractivity contribution is 8.76. The molecule has 0 aliphatic carbocycles. The molecule has 24 heavy (non-hydrogen) atoms. The molecule has 0 heterocycles. The van der Waals surface area contributed by atoms with E-state index in [1.807, 2.05) is 0 Å². The van der Waals surface area contributed by atoms with E-state index in [4.69, 9.17) is 8.37 Å². The molecule has 0 radical (unpaired) electrons. The van der Waals surface area contributed by atoms with Crippen LogP contribution in [-0.4, -0.2) is 29.3 Å². The molecular formula is C14H14O6S4. The zero-order valence-electron chi connectivity index (χ0n) is 12.7. The van der Waals surface area contributed by atoms with Crippen LogP contribution in [0.1, 0.15) is 0 Å². The van der Waals surface area contributed by atoms with Crippen molar-refractivity contribution in [3.63, 3.8) is 0 Å². The van der Waals surface area contributed by atoms with Crippen molar-refractivity contribution in [2.24, 2.45) is 0 Å². The van der Waals surface area contributed by atoms with Gasteiger partial charge in [-0.3, -0.25) is 0 Å². The molecule has 2 rings (SSSR count). The van der Waals surface area contributed by atoms with E-state index in [0.29, 0.717) is 0 Å². The summed E-state index contributed by atoms with van der Waals surface area (Å²) in [5.74, 6) is 0.517. The molecule has 6 nitrogen and oxygen atoms in total. The monoisotopic (exact) mass is 406 g/mol. The van der Waals surface area contributed by atoms with E-state index in [0.717, 1.165) is 22.3 Å². The molecule has 0 N–H and O–H groups in total. The number of hydrogen-bond donors (Lipinski definition) is 0. The fraction of sp³-hybridized carbons (Fsp3) is 0.143. The van der Waals surface area contributed by atoms with Gasteiger partial charge in [0.2, 0.25) is 0 Å². The Balaban J connectivity index is 1.93. The topological polar surface area (TPSA) is 86.7 Å². The zero-order valence-corrected chi connectivity index (χ0v) is 16.0. The summed E-state index contributed by atoms with van der Waals surface area (Å²) < 4.78 is 53.7. The standard InChI is InChI=1S/C14H14O6S4/c1-23(15,16)19-11-3-7-13(8-4-11)21-22-14-9-5-12(6-10-14)20-24(2,17)18/h3-10H,1-2H3. The van der Waals surface area contributed by atoms with Gasteiger partial charge in [0.05, 0.1) is 12.5 Å². The molecule has 0 bridgehead atoms. The van der Waals surface area contributed by atoms with Crippen molar-refractivity contribution in [2.75, 3.05) is 12.5 Å². The highest BCUT2D eigenvalue weighted by Gasteiger charge is 2.06. The summed E-state index contributed by atoms with van der Waals surface area (Å²) in [6.07, 6.45) is 1.98. The van der Waals surface area contributed by atoms with E-state index in [-0.39, 0.29) is 11.5 Å². The number of hydrogen-bond acceptors (Lipinski definition) is 8. The second-order valence-electron chi connectivity index (χ2n) is 4.68. The SMILES string of the molecule is CS(=O)(=O)Oc1ccc(SSc2ccc(OS(C)(=O)=O)cc2)cc1. The molecule has 0 fully saturated rings. The Morgan fingerprint density at radius 1 is 0.625 bits per heavy atom. The van der Waals surface area contributed by atoms with Crippen LogP contribution < -0.4 is 8.37 Å². The summed E-state index contributed by atoms with van der Waals surface area (Å²) in [6.45, 7) is 0. The third kappa shape index (κ3) is 7.04. The van der Waals surface area contributed by atoms with Crippen LogP contribution in [0.2, 0.25) is 0 Å². The predicted molar refractivity (Wildman–Crippen MR) is 95.5 cm³/mol. The van der Waals surface area contributed by atoms with Gasteiger partial charge in [-0.05, 0) is 48.5 Å². The fourth-order valence-corrected chi connectivity index (χ4v) is 4.40. The molecule has 0 saturated heterocycles. The summed E-state index contributed by atoms with van der Waals surface area (Å²) in [5, 5.41) is 0. The van der Waals surface area contributed by atoms with Gasteiger partial charge in [-0.2, -0.15) is 16.8 Å². The second kappa shape index (κ2) is 7.68. The molecule has 2 aromatic carbocycles. The average molecular weight is 407 g/mol. The maximum Gasteiger partial charge on any atom is 0.306 e. The van der Waals surface area contributed by atoms with Crippen LogP contribution in [0.5, 0.6) is 11.5 Å². The van der Waals surface area contributed by atoms with Gasteiger partial charge in [0.15, 0.2) is 0 Å². The third-order valence-electron chi connectivity index (χ3n) is 2.38. The van der Waals surface area contributed by atoms with E-state index >= 15 is 0 Å². The first-order valence-corrected chi connectivity index (χ1v) is 12.2. The van der Waals surface area contributed by atoms with Crippen molar-refractivity contribution < 1.29 is 25.2 Å². The Kier molecular flexibility index (Phi) is 6.07. The van der Waals surface area contributed by atoms with E-state index in [1.54, 1.807) is 48.5 Å². The minimum atomic E-state index is -3.53. The Hall–Kier alpha value is -1.36. The lowest BCUT2D eigenvalue weighted by Crippen LogP contribution is -2.05. The lowest BCUT2D eigenvalue weighted by Gasteiger charge is -2.05. The smallest absolute Gasteiger partial charge is 0.306 e. The van der Waals surface area contributed by atoms with Gasteiger partial charge in [0.25, 0.3) is 0 Å². The van der Waals surface area contributed by atoms with Crippen molar-refractivity contribution in [1.82, 2.24) is 0 Å². The Labute approximate surface area is 149 Å². The summed E-state index contributed by atoms with van der Waals surface area (Å²) in [4.78, 5) is 1.83. The van der Waals surface area contributed by atoms with Gasteiger partial charge in [0.1, 0.15) is 11.5 Å². The average Bonchev–Trinajstić information content (AvgIpc) is 2.45. The first-order chi connectivity index (χ1) is 11.1. The zero-order chi connectivity index (χ0) is 17.8. The van der Waals surface area contributed by atoms with Crippen LogP contribution in [0.4, 0.5) is 0 Å². The van der Waals surface area contributed by atoms with Crippen molar-refractivity contribution >= 4 is 41.8 Å². The third-order valence-corrected chi connectivity index (χ3v) is 5.78. The fourth-order valence-electron chi connectivity index (χ4n) is 1.55. The van der Waals surface area contributed by atoms with Gasteiger partial charge in [-0.1, -0.05) is 21.6 Å². The molecule has 0 saturated carbocycles. The first-order valence-electron chi connectivity index (χ1n) is 6.44. The second-order valence-corrected chi connectivity index (χ2v) is 10.1. The van der Waals surface area contributed by atoms with E-state index in [9.17, 15) is 16.8 Å². The van der Waals surface area contributed by atoms with Gasteiger partial charge < -0.3 is 8.37 Å². The minimum Gasteiger partial charge on any atom is -0.383 e. The molecule has 130 valence electrons. The van der Waals surface area contributed by atoms with E-state index < -0.39 is 20.2 Å². The van der Waals surface area contributed by atoms with Crippen molar-refractivity contribution in [2.45, 2.75) is 9.79 Å². The number of benzene rings is 2. The van der Waals surface area contributed by atoms with Crippen molar-refractivity contribution in [3.8, 4) is 11.5 Å². The molecule has 0 aliphatic rings. The molecule has 0 spiro atoms. The Morgan fingerprint density at radius 3 is 1.17 bits per heavy atom. The lowest BCUT2D eigenvalue weighted by atomic mass is 10.3. The molecule has 0 amide bonds. The van der Waals surface area contributed by atoms with Crippen molar-refractivity contribution in [3.05, 3.63) is 48.5 Å². The quantitative estimate of drug-likeness (QED) is 0.512. The normalized spacial score (nSPS) is 11.9. The molecule has 0 aliphatic heterocycles. The maximum atomic E-state index is 11.0. The van der Waals surface area contributed by atoms with Crippen LogP contribution in [0, 0.1) is 0 Å². The van der Waals surface area contributed by atoms with Crippen LogP contribution in [0.3, 0.4) is 0 Å². The van der Waals surface area contributed by atoms with Crippen LogP contribution in [0.25, 0.3) is 0 Å². The molecule has 0 atom stereocenters. The number of rotatable bonds is 7. The van der Waals surface area contributed by atoms with Crippen LogP contribution in [-0.2, 0) is 20.2 Å². The minimum absolute atomic E-state index is 0.258. The largest absolute Gasteiger partial charge is 0.383 e. The molecule has 2 aromatic rings. The summed E-state index contributed by atoms with van der Waals surface area (Å²) in [5.41, 5.74) is 0. The van der Waals surface area contributed by atoms with E-state index in [1.165, 1.54) is 21.6 Å². The maximum absolute atomic E-state index is 11.0. The predicted octanol–water partition coefficient (Wildman–Crippen LogP) is 3.16. The van der Waals surface area contributed by atoms with Crippen LogP contribution in [0.15, 0.2) is 58.3 Å². The Bertz CT molecular complexity index is 810. The van der Waals surface area contributed by atoms with Gasteiger partial charge in [0, 0.05) is 9.79 Å². The highest BCUT2D eigenvalue weighted by Crippen LogP contribution is 2.38. The van der Waals surface area contributed by atoms with Gasteiger partial charge in [-0.15, -0.1) is 0 Å². The lowest BCUT2D eigenvalue weighted by molar-refractivity contribution is 0.491.